The smallest absolute Gasteiger partial charge is 0.186 e. The fourth-order valence-electron chi connectivity index (χ4n) is 3.13. The zero-order chi connectivity index (χ0) is 18.5. The van der Waals surface area contributed by atoms with Crippen molar-refractivity contribution in [2.45, 2.75) is 0 Å². The van der Waals surface area contributed by atoms with Crippen LogP contribution in [0.4, 0.5) is 11.4 Å². The van der Waals surface area contributed by atoms with Gasteiger partial charge in [0.25, 0.3) is 0 Å². The number of rotatable bonds is 4. The van der Waals surface area contributed by atoms with Gasteiger partial charge in [-0.1, -0.05) is 24.3 Å². The Bertz CT molecular complexity index is 997. The lowest BCUT2D eigenvalue weighted by Gasteiger charge is -2.29. The molecule has 0 aliphatic carbocycles. The number of fused-ring (bicyclic) bond motifs is 1. The van der Waals surface area contributed by atoms with Gasteiger partial charge in [0.05, 0.1) is 11.2 Å². The molecule has 0 radical (unpaired) electrons. The molecular formula is C21H20N6. The van der Waals surface area contributed by atoms with Crippen molar-refractivity contribution in [3.8, 4) is 6.07 Å². The van der Waals surface area contributed by atoms with Crippen LogP contribution in [0.2, 0.25) is 0 Å². The van der Waals surface area contributed by atoms with Crippen molar-refractivity contribution >= 4 is 28.0 Å². The maximum Gasteiger partial charge on any atom is 0.186 e. The topological polar surface area (TPSA) is 76.3 Å². The van der Waals surface area contributed by atoms with E-state index in [9.17, 15) is 5.26 Å². The van der Waals surface area contributed by atoms with E-state index in [1.807, 2.05) is 48.5 Å². The van der Waals surface area contributed by atoms with Gasteiger partial charge in [-0.3, -0.25) is 5.43 Å². The molecule has 1 aromatic heterocycles. The Morgan fingerprint density at radius 3 is 2.59 bits per heavy atom. The zero-order valence-corrected chi connectivity index (χ0v) is 14.9. The first-order valence-electron chi connectivity index (χ1n) is 8.99. The maximum atomic E-state index is 9.47. The van der Waals surface area contributed by atoms with Gasteiger partial charge in [-0.15, -0.1) is 0 Å². The molecule has 27 heavy (non-hydrogen) atoms. The normalized spacial score (nSPS) is 14.8. The molecule has 2 N–H and O–H groups in total. The second kappa shape index (κ2) is 7.85. The molecule has 3 aromatic rings. The molecule has 1 aliphatic heterocycles. The molecule has 1 saturated heterocycles. The molecule has 6 heteroatoms. The highest BCUT2D eigenvalue weighted by Crippen LogP contribution is 2.18. The minimum Gasteiger partial charge on any atom is -0.369 e. The summed E-state index contributed by atoms with van der Waals surface area (Å²) in [5.74, 6) is 0. The summed E-state index contributed by atoms with van der Waals surface area (Å²) >= 11 is 0. The van der Waals surface area contributed by atoms with Crippen LogP contribution in [0.3, 0.4) is 0 Å². The van der Waals surface area contributed by atoms with Crippen molar-refractivity contribution in [3.63, 3.8) is 0 Å². The number of hydrogen-bond acceptors (Lipinski definition) is 6. The minimum atomic E-state index is 0.256. The molecule has 2 aromatic carbocycles. The second-order valence-corrected chi connectivity index (χ2v) is 6.36. The summed E-state index contributed by atoms with van der Waals surface area (Å²) in [7, 11) is 0. The Balaban J connectivity index is 1.50. The molecule has 2 heterocycles. The molecule has 1 aliphatic rings. The van der Waals surface area contributed by atoms with Crippen molar-refractivity contribution in [1.82, 2.24) is 10.3 Å². The molecule has 0 saturated carbocycles. The van der Waals surface area contributed by atoms with E-state index in [2.05, 4.69) is 43.9 Å². The zero-order valence-electron chi connectivity index (χ0n) is 14.9. The molecule has 4 rings (SSSR count). The summed E-state index contributed by atoms with van der Waals surface area (Å²) < 4.78 is 0. The van der Waals surface area contributed by atoms with Crippen LogP contribution in [-0.2, 0) is 0 Å². The Morgan fingerprint density at radius 1 is 1.04 bits per heavy atom. The molecule has 6 nitrogen and oxygen atoms in total. The third-order valence-corrected chi connectivity index (χ3v) is 4.59. The van der Waals surface area contributed by atoms with Gasteiger partial charge in [0.15, 0.2) is 5.71 Å². The third-order valence-electron chi connectivity index (χ3n) is 4.59. The lowest BCUT2D eigenvalue weighted by molar-refractivity contribution is 0.589. The minimum absolute atomic E-state index is 0.256. The highest BCUT2D eigenvalue weighted by atomic mass is 15.3. The number of anilines is 2. The Hall–Kier alpha value is -3.43. The predicted molar refractivity (Wildman–Crippen MR) is 109 cm³/mol. The second-order valence-electron chi connectivity index (χ2n) is 6.36. The number of pyridine rings is 1. The van der Waals surface area contributed by atoms with Crippen LogP contribution in [0, 0.1) is 11.3 Å². The average Bonchev–Trinajstić information content (AvgIpc) is 2.75. The lowest BCUT2D eigenvalue weighted by atomic mass is 10.2. The summed E-state index contributed by atoms with van der Waals surface area (Å²) in [6.45, 7) is 4.04. The first kappa shape index (κ1) is 17.0. The van der Waals surface area contributed by atoms with Crippen molar-refractivity contribution in [3.05, 3.63) is 66.4 Å². The largest absolute Gasteiger partial charge is 0.369 e. The van der Waals surface area contributed by atoms with Gasteiger partial charge < -0.3 is 10.2 Å². The average molecular weight is 356 g/mol. The molecule has 0 amide bonds. The van der Waals surface area contributed by atoms with E-state index in [1.54, 1.807) is 0 Å². The maximum absolute atomic E-state index is 9.47. The van der Waals surface area contributed by atoms with E-state index in [1.165, 1.54) is 5.69 Å². The van der Waals surface area contributed by atoms with Gasteiger partial charge in [-0.05, 0) is 36.4 Å². The molecule has 0 unspecified atom stereocenters. The number of hydrazone groups is 1. The van der Waals surface area contributed by atoms with Gasteiger partial charge in [0, 0.05) is 37.3 Å². The SMILES string of the molecule is N#C/C(=N/Nc1ccc(N2CCNCC2)cc1)c1ccc2ccccc2n1. The summed E-state index contributed by atoms with van der Waals surface area (Å²) in [5.41, 5.74) is 6.66. The standard InChI is InChI=1S/C21H20N6/c22-15-21(20-10-5-16-3-1-2-4-19(16)24-20)26-25-17-6-8-18(9-7-17)27-13-11-23-12-14-27/h1-10,23,25H,11-14H2/b26-21-. The Morgan fingerprint density at radius 2 is 1.81 bits per heavy atom. The Kier molecular flexibility index (Phi) is 4.95. The molecule has 134 valence electrons. The van der Waals surface area contributed by atoms with Crippen LogP contribution in [0.1, 0.15) is 5.69 Å². The first-order valence-corrected chi connectivity index (χ1v) is 8.99. The fraction of sp³-hybridized carbons (Fsp3) is 0.190. The van der Waals surface area contributed by atoms with Crippen molar-refractivity contribution in [2.75, 3.05) is 36.5 Å². The summed E-state index contributed by atoms with van der Waals surface area (Å²) in [4.78, 5) is 6.88. The van der Waals surface area contributed by atoms with Crippen molar-refractivity contribution in [2.24, 2.45) is 5.10 Å². The van der Waals surface area contributed by atoms with Crippen LogP contribution in [0.25, 0.3) is 10.9 Å². The van der Waals surface area contributed by atoms with Gasteiger partial charge in [-0.25, -0.2) is 4.98 Å². The molecule has 0 spiro atoms. The van der Waals surface area contributed by atoms with Crippen LogP contribution in [0.15, 0.2) is 65.8 Å². The molecule has 1 fully saturated rings. The quantitative estimate of drug-likeness (QED) is 0.555. The lowest BCUT2D eigenvalue weighted by Crippen LogP contribution is -2.43. The Labute approximate surface area is 158 Å². The summed E-state index contributed by atoms with van der Waals surface area (Å²) in [6.07, 6.45) is 0. The fourth-order valence-corrected chi connectivity index (χ4v) is 3.13. The van der Waals surface area contributed by atoms with E-state index < -0.39 is 0 Å². The number of hydrogen-bond donors (Lipinski definition) is 2. The number of nitrogens with one attached hydrogen (secondary N) is 2. The number of para-hydroxylation sites is 1. The van der Waals surface area contributed by atoms with E-state index in [-0.39, 0.29) is 5.71 Å². The van der Waals surface area contributed by atoms with E-state index in [4.69, 9.17) is 0 Å². The third kappa shape index (κ3) is 3.89. The van der Waals surface area contributed by atoms with Crippen LogP contribution in [-0.4, -0.2) is 36.9 Å². The number of nitrogens with zero attached hydrogens (tertiary/aromatic N) is 4. The van der Waals surface area contributed by atoms with Gasteiger partial charge in [0.1, 0.15) is 11.8 Å². The van der Waals surface area contributed by atoms with E-state index in [0.29, 0.717) is 5.69 Å². The van der Waals surface area contributed by atoms with E-state index >= 15 is 0 Å². The monoisotopic (exact) mass is 356 g/mol. The highest BCUT2D eigenvalue weighted by molar-refractivity contribution is 6.11. The molecule has 0 bridgehead atoms. The van der Waals surface area contributed by atoms with Gasteiger partial charge >= 0.3 is 0 Å². The molecular weight excluding hydrogens is 336 g/mol. The van der Waals surface area contributed by atoms with Crippen molar-refractivity contribution in [1.29, 1.82) is 5.26 Å². The number of piperazine rings is 1. The predicted octanol–water partition coefficient (Wildman–Crippen LogP) is 2.98. The summed E-state index contributed by atoms with van der Waals surface area (Å²) in [5, 5.41) is 18.1. The number of aromatic nitrogens is 1. The van der Waals surface area contributed by atoms with Crippen LogP contribution >= 0.6 is 0 Å². The van der Waals surface area contributed by atoms with Crippen LogP contribution < -0.4 is 15.6 Å². The number of nitriles is 1. The molecule has 0 atom stereocenters. The highest BCUT2D eigenvalue weighted by Gasteiger charge is 2.10. The first-order chi connectivity index (χ1) is 13.3. The van der Waals surface area contributed by atoms with Gasteiger partial charge in [-0.2, -0.15) is 10.4 Å². The van der Waals surface area contributed by atoms with E-state index in [0.717, 1.165) is 42.8 Å². The summed E-state index contributed by atoms with van der Waals surface area (Å²) in [6, 6.07) is 21.8. The number of benzene rings is 2. The van der Waals surface area contributed by atoms with Crippen molar-refractivity contribution < 1.29 is 0 Å². The van der Waals surface area contributed by atoms with Gasteiger partial charge in [0.2, 0.25) is 0 Å². The van der Waals surface area contributed by atoms with Crippen LogP contribution in [0.5, 0.6) is 0 Å².